The molecule has 0 saturated carbocycles. The molecule has 18 heavy (non-hydrogen) atoms. The highest BCUT2D eigenvalue weighted by Crippen LogP contribution is 2.27. The number of aliphatic hydroxyl groups excluding tert-OH is 1. The van der Waals surface area contributed by atoms with Crippen molar-refractivity contribution in [3.63, 3.8) is 0 Å². The summed E-state index contributed by atoms with van der Waals surface area (Å²) in [5, 5.41) is 11.7. The molecule has 0 saturated heterocycles. The Kier molecular flexibility index (Phi) is 5.21. The molecule has 0 amide bonds. The van der Waals surface area contributed by atoms with E-state index in [-0.39, 0.29) is 23.8 Å². The summed E-state index contributed by atoms with van der Waals surface area (Å²) >= 11 is 1.42. The highest BCUT2D eigenvalue weighted by atomic mass is 32.2. The number of thioether (sulfide) groups is 1. The maximum Gasteiger partial charge on any atom is 0.433 e. The molecule has 0 radical (unpaired) electrons. The van der Waals surface area contributed by atoms with Gasteiger partial charge in [0.2, 0.25) is 5.95 Å². The third-order valence-corrected chi connectivity index (χ3v) is 3.51. The molecule has 2 atom stereocenters. The largest absolute Gasteiger partial charge is 0.433 e. The number of nitrogens with zero attached hydrogens (tertiary/aromatic N) is 2. The Bertz CT molecular complexity index is 385. The zero-order valence-corrected chi connectivity index (χ0v) is 10.7. The first kappa shape index (κ1) is 15.0. The van der Waals surface area contributed by atoms with Crippen molar-refractivity contribution in [1.82, 2.24) is 9.97 Å². The number of hydrogen-bond acceptors (Lipinski definition) is 5. The number of aromatic nitrogens is 2. The summed E-state index contributed by atoms with van der Waals surface area (Å²) in [6.45, 7) is 1.68. The van der Waals surface area contributed by atoms with E-state index >= 15 is 0 Å². The Morgan fingerprint density at radius 1 is 1.50 bits per heavy atom. The summed E-state index contributed by atoms with van der Waals surface area (Å²) in [5.41, 5.74) is -0.989. The first-order chi connectivity index (χ1) is 8.38. The van der Waals surface area contributed by atoms with E-state index in [1.54, 1.807) is 6.92 Å². The molecule has 0 aliphatic rings. The molecular formula is C10H14F3N3OS. The van der Waals surface area contributed by atoms with Crippen molar-refractivity contribution in [2.24, 2.45) is 0 Å². The van der Waals surface area contributed by atoms with Crippen LogP contribution in [-0.4, -0.2) is 39.2 Å². The standard InChI is InChI=1S/C10H14F3N3OS/c1-6(7(5-17)18-2)15-9-14-4-3-8(16-9)10(11,12)13/h3-4,6-7,17H,5H2,1-2H3,(H,14,15,16). The van der Waals surface area contributed by atoms with Crippen molar-refractivity contribution >= 4 is 17.7 Å². The fraction of sp³-hybridized carbons (Fsp3) is 0.600. The van der Waals surface area contributed by atoms with Crippen LogP contribution in [0.25, 0.3) is 0 Å². The van der Waals surface area contributed by atoms with E-state index in [9.17, 15) is 13.2 Å². The van der Waals surface area contributed by atoms with Gasteiger partial charge in [-0.05, 0) is 19.2 Å². The van der Waals surface area contributed by atoms with Crippen molar-refractivity contribution in [2.45, 2.75) is 24.4 Å². The molecule has 0 bridgehead atoms. The van der Waals surface area contributed by atoms with Crippen molar-refractivity contribution in [1.29, 1.82) is 0 Å². The van der Waals surface area contributed by atoms with Gasteiger partial charge >= 0.3 is 6.18 Å². The Balaban J connectivity index is 2.79. The molecule has 0 aliphatic carbocycles. The minimum atomic E-state index is -4.49. The first-order valence-corrected chi connectivity index (χ1v) is 6.47. The van der Waals surface area contributed by atoms with Gasteiger partial charge in [0.05, 0.1) is 6.61 Å². The lowest BCUT2D eigenvalue weighted by atomic mass is 10.2. The highest BCUT2D eigenvalue weighted by molar-refractivity contribution is 7.99. The number of alkyl halides is 3. The number of halogens is 3. The van der Waals surface area contributed by atoms with Gasteiger partial charge < -0.3 is 10.4 Å². The number of rotatable bonds is 5. The average Bonchev–Trinajstić information content (AvgIpc) is 2.29. The maximum atomic E-state index is 12.4. The van der Waals surface area contributed by atoms with Crippen LogP contribution in [0.2, 0.25) is 0 Å². The number of hydrogen-bond donors (Lipinski definition) is 2. The lowest BCUT2D eigenvalue weighted by molar-refractivity contribution is -0.141. The molecule has 2 unspecified atom stereocenters. The molecule has 0 spiro atoms. The molecule has 1 aromatic rings. The third-order valence-electron chi connectivity index (χ3n) is 2.34. The Morgan fingerprint density at radius 2 is 2.17 bits per heavy atom. The molecule has 4 nitrogen and oxygen atoms in total. The molecule has 2 N–H and O–H groups in total. The van der Waals surface area contributed by atoms with Crippen LogP contribution in [-0.2, 0) is 6.18 Å². The highest BCUT2D eigenvalue weighted by Gasteiger charge is 2.33. The fourth-order valence-corrected chi connectivity index (χ4v) is 1.94. The lowest BCUT2D eigenvalue weighted by Gasteiger charge is -2.21. The van der Waals surface area contributed by atoms with Gasteiger partial charge in [-0.15, -0.1) is 0 Å². The second kappa shape index (κ2) is 6.24. The molecule has 1 rings (SSSR count). The molecule has 0 aromatic carbocycles. The van der Waals surface area contributed by atoms with E-state index in [0.717, 1.165) is 12.3 Å². The molecule has 8 heteroatoms. The summed E-state index contributed by atoms with van der Waals surface area (Å²) in [4.78, 5) is 7.13. The second-order valence-corrected chi connectivity index (χ2v) is 4.73. The van der Waals surface area contributed by atoms with Gasteiger partial charge in [0.15, 0.2) is 0 Å². The van der Waals surface area contributed by atoms with Crippen LogP contribution in [0.15, 0.2) is 12.3 Å². The molecule has 1 aromatic heterocycles. The van der Waals surface area contributed by atoms with Crippen LogP contribution < -0.4 is 5.32 Å². The fourth-order valence-electron chi connectivity index (χ4n) is 1.32. The third kappa shape index (κ3) is 4.02. The van der Waals surface area contributed by atoms with E-state index in [2.05, 4.69) is 15.3 Å². The van der Waals surface area contributed by atoms with Crippen LogP contribution >= 0.6 is 11.8 Å². The van der Waals surface area contributed by atoms with Gasteiger partial charge in [0, 0.05) is 17.5 Å². The number of nitrogens with one attached hydrogen (secondary N) is 1. The van der Waals surface area contributed by atoms with Crippen molar-refractivity contribution in [3.05, 3.63) is 18.0 Å². The van der Waals surface area contributed by atoms with E-state index in [1.807, 2.05) is 6.26 Å². The van der Waals surface area contributed by atoms with Crippen molar-refractivity contribution in [2.75, 3.05) is 18.2 Å². The van der Waals surface area contributed by atoms with Crippen LogP contribution in [0.3, 0.4) is 0 Å². The van der Waals surface area contributed by atoms with E-state index < -0.39 is 11.9 Å². The smallest absolute Gasteiger partial charge is 0.395 e. The summed E-state index contributed by atoms with van der Waals surface area (Å²) in [6, 6.07) is 0.571. The molecular weight excluding hydrogens is 267 g/mol. The predicted octanol–water partition coefficient (Wildman–Crippen LogP) is 2.02. The van der Waals surface area contributed by atoms with E-state index in [4.69, 9.17) is 5.11 Å². The quantitative estimate of drug-likeness (QED) is 0.864. The Labute approximate surface area is 107 Å². The van der Waals surface area contributed by atoms with Crippen molar-refractivity contribution in [3.8, 4) is 0 Å². The Morgan fingerprint density at radius 3 is 2.67 bits per heavy atom. The number of aliphatic hydroxyl groups is 1. The summed E-state index contributed by atoms with van der Waals surface area (Å²) in [5.74, 6) is -0.0928. The molecule has 102 valence electrons. The normalized spacial score (nSPS) is 15.2. The van der Waals surface area contributed by atoms with Gasteiger partial charge in [-0.25, -0.2) is 9.97 Å². The van der Waals surface area contributed by atoms with E-state index in [1.165, 1.54) is 11.8 Å². The minimum Gasteiger partial charge on any atom is -0.395 e. The lowest BCUT2D eigenvalue weighted by Crippen LogP contribution is -2.31. The van der Waals surface area contributed by atoms with Crippen LogP contribution in [0.1, 0.15) is 12.6 Å². The van der Waals surface area contributed by atoms with Gasteiger partial charge in [-0.3, -0.25) is 0 Å². The zero-order valence-electron chi connectivity index (χ0n) is 9.90. The maximum absolute atomic E-state index is 12.4. The summed E-state index contributed by atoms with van der Waals surface area (Å²) in [7, 11) is 0. The first-order valence-electron chi connectivity index (χ1n) is 5.19. The van der Waals surface area contributed by atoms with Crippen LogP contribution in [0.5, 0.6) is 0 Å². The average molecular weight is 281 g/mol. The molecule has 1 heterocycles. The van der Waals surface area contributed by atoms with Gasteiger partial charge in [0.25, 0.3) is 0 Å². The Hall–Kier alpha value is -1.02. The molecule has 0 fully saturated rings. The van der Waals surface area contributed by atoms with Crippen molar-refractivity contribution < 1.29 is 18.3 Å². The number of anilines is 1. The summed E-state index contributed by atoms with van der Waals surface area (Å²) < 4.78 is 37.3. The minimum absolute atomic E-state index is 0.0751. The van der Waals surface area contributed by atoms with Gasteiger partial charge in [0.1, 0.15) is 5.69 Å². The van der Waals surface area contributed by atoms with E-state index in [0.29, 0.717) is 0 Å². The SMILES string of the molecule is CSC(CO)C(C)Nc1nccc(C(F)(F)F)n1. The second-order valence-electron chi connectivity index (χ2n) is 3.65. The zero-order chi connectivity index (χ0) is 13.8. The van der Waals surface area contributed by atoms with Gasteiger partial charge in [-0.2, -0.15) is 24.9 Å². The van der Waals surface area contributed by atoms with Crippen LogP contribution in [0, 0.1) is 0 Å². The predicted molar refractivity (Wildman–Crippen MR) is 64.5 cm³/mol. The van der Waals surface area contributed by atoms with Gasteiger partial charge in [-0.1, -0.05) is 0 Å². The topological polar surface area (TPSA) is 58.0 Å². The summed E-state index contributed by atoms with van der Waals surface area (Å²) in [6.07, 6.45) is -1.62. The molecule has 0 aliphatic heterocycles. The van der Waals surface area contributed by atoms with Crippen LogP contribution in [0.4, 0.5) is 19.1 Å². The monoisotopic (exact) mass is 281 g/mol.